The van der Waals surface area contributed by atoms with Crippen molar-refractivity contribution in [1.82, 2.24) is 10.3 Å². The van der Waals surface area contributed by atoms with Gasteiger partial charge in [-0.05, 0) is 26.7 Å². The molecule has 0 aliphatic carbocycles. The van der Waals surface area contributed by atoms with Gasteiger partial charge in [0.2, 0.25) is 0 Å². The lowest BCUT2D eigenvalue weighted by Gasteiger charge is -2.20. The minimum Gasteiger partial charge on any atom is -0.378 e. The first kappa shape index (κ1) is 14.6. The van der Waals surface area contributed by atoms with Gasteiger partial charge in [-0.1, -0.05) is 13.8 Å². The third-order valence-corrected chi connectivity index (χ3v) is 3.41. The van der Waals surface area contributed by atoms with E-state index in [4.69, 9.17) is 4.74 Å². The zero-order valence-electron chi connectivity index (χ0n) is 11.8. The molecule has 0 saturated heterocycles. The van der Waals surface area contributed by atoms with Crippen molar-refractivity contribution < 1.29 is 4.74 Å². The molecule has 0 aliphatic rings. The first-order valence-electron chi connectivity index (χ1n) is 6.06. The summed E-state index contributed by atoms with van der Waals surface area (Å²) in [7, 11) is 1.71. The zero-order chi connectivity index (χ0) is 13.1. The van der Waals surface area contributed by atoms with Crippen molar-refractivity contribution in [1.29, 1.82) is 0 Å². The van der Waals surface area contributed by atoms with Crippen LogP contribution in [0.1, 0.15) is 56.1 Å². The third kappa shape index (κ3) is 4.74. The summed E-state index contributed by atoms with van der Waals surface area (Å²) >= 11 is 1.75. The van der Waals surface area contributed by atoms with Crippen LogP contribution in [0, 0.1) is 0 Å². The zero-order valence-corrected chi connectivity index (χ0v) is 12.6. The van der Waals surface area contributed by atoms with E-state index in [1.165, 1.54) is 10.6 Å². The van der Waals surface area contributed by atoms with Crippen molar-refractivity contribution in [3.8, 4) is 0 Å². The fraction of sp³-hybridized carbons (Fsp3) is 0.769. The van der Waals surface area contributed by atoms with E-state index in [9.17, 15) is 0 Å². The second-order valence-corrected chi connectivity index (χ2v) is 6.78. The second kappa shape index (κ2) is 5.94. The van der Waals surface area contributed by atoms with E-state index in [1.807, 2.05) is 0 Å². The molecule has 1 N–H and O–H groups in total. The first-order valence-corrected chi connectivity index (χ1v) is 6.87. The van der Waals surface area contributed by atoms with Crippen LogP contribution in [0.15, 0.2) is 0 Å². The lowest BCUT2D eigenvalue weighted by atomic mass is 10.1. The highest BCUT2D eigenvalue weighted by molar-refractivity contribution is 7.11. The summed E-state index contributed by atoms with van der Waals surface area (Å²) in [6.07, 6.45) is 0. The van der Waals surface area contributed by atoms with Crippen LogP contribution in [-0.4, -0.2) is 17.6 Å². The van der Waals surface area contributed by atoms with Crippen molar-refractivity contribution in [2.24, 2.45) is 0 Å². The predicted molar refractivity (Wildman–Crippen MR) is 73.5 cm³/mol. The number of ether oxygens (including phenoxy) is 1. The molecule has 1 heterocycles. The molecule has 0 aliphatic heterocycles. The second-order valence-electron chi connectivity index (χ2n) is 5.61. The standard InChI is InChI=1S/C13H24N2OS/c1-9(2)12-10(7-14-13(3,4)5)17-11(15-12)8-16-6/h9,14H,7-8H2,1-6H3. The molecular formula is C13H24N2OS. The van der Waals surface area contributed by atoms with Crippen LogP contribution in [0.4, 0.5) is 0 Å². The molecule has 0 aromatic carbocycles. The fourth-order valence-electron chi connectivity index (χ4n) is 1.52. The number of hydrogen-bond acceptors (Lipinski definition) is 4. The van der Waals surface area contributed by atoms with Gasteiger partial charge in [0.1, 0.15) is 5.01 Å². The number of rotatable bonds is 5. The van der Waals surface area contributed by atoms with Crippen LogP contribution in [0.5, 0.6) is 0 Å². The summed E-state index contributed by atoms with van der Waals surface area (Å²) in [4.78, 5) is 5.99. The van der Waals surface area contributed by atoms with Gasteiger partial charge in [0, 0.05) is 24.1 Å². The Morgan fingerprint density at radius 1 is 1.35 bits per heavy atom. The van der Waals surface area contributed by atoms with Gasteiger partial charge in [-0.3, -0.25) is 0 Å². The number of hydrogen-bond donors (Lipinski definition) is 1. The van der Waals surface area contributed by atoms with E-state index in [2.05, 4.69) is 44.9 Å². The normalized spacial score (nSPS) is 12.4. The molecule has 0 bridgehead atoms. The lowest BCUT2D eigenvalue weighted by Crippen LogP contribution is -2.35. The van der Waals surface area contributed by atoms with Crippen LogP contribution < -0.4 is 5.32 Å². The molecule has 1 aromatic rings. The number of methoxy groups -OCH3 is 1. The van der Waals surface area contributed by atoms with Crippen LogP contribution in [-0.2, 0) is 17.9 Å². The first-order chi connectivity index (χ1) is 7.83. The molecular weight excluding hydrogens is 232 g/mol. The predicted octanol–water partition coefficient (Wildman–Crippen LogP) is 3.30. The molecule has 0 fully saturated rings. The molecule has 0 atom stereocenters. The molecule has 4 heteroatoms. The number of nitrogens with zero attached hydrogens (tertiary/aromatic N) is 1. The van der Waals surface area contributed by atoms with Crippen molar-refractivity contribution in [2.75, 3.05) is 7.11 Å². The average Bonchev–Trinajstić information content (AvgIpc) is 2.58. The molecule has 1 aromatic heterocycles. The highest BCUT2D eigenvalue weighted by Crippen LogP contribution is 2.26. The lowest BCUT2D eigenvalue weighted by molar-refractivity contribution is 0.184. The summed E-state index contributed by atoms with van der Waals surface area (Å²) < 4.78 is 5.15. The van der Waals surface area contributed by atoms with Gasteiger partial charge < -0.3 is 10.1 Å². The highest BCUT2D eigenvalue weighted by Gasteiger charge is 2.16. The Balaban J connectivity index is 2.81. The van der Waals surface area contributed by atoms with Crippen molar-refractivity contribution >= 4 is 11.3 Å². The molecule has 1 rings (SSSR count). The van der Waals surface area contributed by atoms with Crippen LogP contribution in [0.2, 0.25) is 0 Å². The SMILES string of the molecule is COCc1nc(C(C)C)c(CNC(C)(C)C)s1. The van der Waals surface area contributed by atoms with Crippen molar-refractivity contribution in [2.45, 2.75) is 59.2 Å². The smallest absolute Gasteiger partial charge is 0.119 e. The van der Waals surface area contributed by atoms with Gasteiger partial charge >= 0.3 is 0 Å². The minimum absolute atomic E-state index is 0.139. The molecule has 3 nitrogen and oxygen atoms in total. The monoisotopic (exact) mass is 256 g/mol. The van der Waals surface area contributed by atoms with Crippen LogP contribution >= 0.6 is 11.3 Å². The minimum atomic E-state index is 0.139. The van der Waals surface area contributed by atoms with Gasteiger partial charge in [0.25, 0.3) is 0 Å². The topological polar surface area (TPSA) is 34.1 Å². The van der Waals surface area contributed by atoms with Gasteiger partial charge in [-0.2, -0.15) is 0 Å². The summed E-state index contributed by atoms with van der Waals surface area (Å²) in [6, 6.07) is 0. The Morgan fingerprint density at radius 3 is 2.47 bits per heavy atom. The van der Waals surface area contributed by atoms with Crippen molar-refractivity contribution in [3.63, 3.8) is 0 Å². The van der Waals surface area contributed by atoms with E-state index < -0.39 is 0 Å². The Kier molecular flexibility index (Phi) is 5.10. The van der Waals surface area contributed by atoms with E-state index in [0.29, 0.717) is 12.5 Å². The van der Waals surface area contributed by atoms with Gasteiger partial charge in [0.05, 0.1) is 12.3 Å². The maximum Gasteiger partial charge on any atom is 0.119 e. The highest BCUT2D eigenvalue weighted by atomic mass is 32.1. The van der Waals surface area contributed by atoms with Crippen LogP contribution in [0.3, 0.4) is 0 Å². The molecule has 98 valence electrons. The summed E-state index contributed by atoms with van der Waals surface area (Å²) in [6.45, 7) is 12.4. The molecule has 0 unspecified atom stereocenters. The Hall–Kier alpha value is -0.450. The van der Waals surface area contributed by atoms with E-state index >= 15 is 0 Å². The molecule has 0 amide bonds. The number of nitrogens with one attached hydrogen (secondary N) is 1. The quantitative estimate of drug-likeness (QED) is 0.877. The van der Waals surface area contributed by atoms with Crippen molar-refractivity contribution in [3.05, 3.63) is 15.6 Å². The fourth-order valence-corrected chi connectivity index (χ4v) is 2.66. The number of thiazole rings is 1. The Labute approximate surface area is 109 Å². The van der Waals surface area contributed by atoms with E-state index in [0.717, 1.165) is 11.6 Å². The maximum atomic E-state index is 5.15. The molecule has 0 saturated carbocycles. The number of aromatic nitrogens is 1. The molecule has 0 spiro atoms. The summed E-state index contributed by atoms with van der Waals surface area (Å²) in [5, 5.41) is 4.59. The molecule has 17 heavy (non-hydrogen) atoms. The Morgan fingerprint density at radius 2 is 2.00 bits per heavy atom. The summed E-state index contributed by atoms with van der Waals surface area (Å²) in [5.41, 5.74) is 1.35. The van der Waals surface area contributed by atoms with Crippen LogP contribution in [0.25, 0.3) is 0 Å². The average molecular weight is 256 g/mol. The van der Waals surface area contributed by atoms with Gasteiger partial charge in [-0.25, -0.2) is 4.98 Å². The maximum absolute atomic E-state index is 5.15. The van der Waals surface area contributed by atoms with E-state index in [1.54, 1.807) is 18.4 Å². The largest absolute Gasteiger partial charge is 0.378 e. The summed E-state index contributed by atoms with van der Waals surface area (Å²) in [5.74, 6) is 0.466. The molecule has 0 radical (unpaired) electrons. The van der Waals surface area contributed by atoms with E-state index in [-0.39, 0.29) is 5.54 Å². The Bertz CT molecular complexity index is 353. The van der Waals surface area contributed by atoms with Gasteiger partial charge in [0.15, 0.2) is 0 Å². The van der Waals surface area contributed by atoms with Gasteiger partial charge in [-0.15, -0.1) is 11.3 Å². The third-order valence-electron chi connectivity index (χ3n) is 2.37.